The van der Waals surface area contributed by atoms with E-state index in [2.05, 4.69) is 36.1 Å². The maximum Gasteiger partial charge on any atom is 0.269 e. The molecule has 6 nitrogen and oxygen atoms in total. The number of hydrogen-bond donors (Lipinski definition) is 1. The Hall–Kier alpha value is -1.50. The van der Waals surface area contributed by atoms with Crippen LogP contribution >= 0.6 is 15.9 Å². The first-order valence-corrected chi connectivity index (χ1v) is 4.11. The summed E-state index contributed by atoms with van der Waals surface area (Å²) in [4.78, 5) is 7.92. The zero-order valence-corrected chi connectivity index (χ0v) is 7.89. The maximum atomic E-state index is 5.56. The van der Waals surface area contributed by atoms with Crippen molar-refractivity contribution in [3.63, 3.8) is 0 Å². The summed E-state index contributed by atoms with van der Waals surface area (Å²) in [6.45, 7) is 0. The van der Waals surface area contributed by atoms with Crippen LogP contribution in [0.15, 0.2) is 21.6 Å². The van der Waals surface area contributed by atoms with Crippen molar-refractivity contribution < 1.29 is 4.42 Å². The number of halogens is 1. The summed E-state index contributed by atoms with van der Waals surface area (Å²) in [5.74, 6) is 0.513. The van der Waals surface area contributed by atoms with E-state index in [0.29, 0.717) is 10.3 Å². The van der Waals surface area contributed by atoms with Crippen molar-refractivity contribution in [2.24, 2.45) is 0 Å². The van der Waals surface area contributed by atoms with Gasteiger partial charge in [-0.3, -0.25) is 0 Å². The van der Waals surface area contributed by atoms with Crippen LogP contribution in [0.5, 0.6) is 0 Å². The Morgan fingerprint density at radius 2 is 2.31 bits per heavy atom. The first kappa shape index (κ1) is 8.11. The van der Waals surface area contributed by atoms with Gasteiger partial charge in [-0.1, -0.05) is 0 Å². The van der Waals surface area contributed by atoms with E-state index in [0.717, 1.165) is 0 Å². The number of rotatable bonds is 1. The molecule has 0 unspecified atom stereocenters. The molecule has 0 atom stereocenters. The molecule has 0 saturated carbocycles. The molecule has 66 valence electrons. The van der Waals surface area contributed by atoms with Gasteiger partial charge in [0.15, 0.2) is 11.5 Å². The van der Waals surface area contributed by atoms with Crippen molar-refractivity contribution in [2.45, 2.75) is 0 Å². The van der Waals surface area contributed by atoms with Crippen molar-refractivity contribution >= 4 is 21.7 Å². The van der Waals surface area contributed by atoms with Crippen molar-refractivity contribution in [3.05, 3.63) is 17.2 Å². The zero-order chi connectivity index (χ0) is 9.26. The molecule has 2 heterocycles. The molecule has 0 radical (unpaired) electrons. The molecule has 2 aromatic rings. The van der Waals surface area contributed by atoms with Gasteiger partial charge in [-0.15, -0.1) is 10.2 Å². The summed E-state index contributed by atoms with van der Waals surface area (Å²) in [6, 6.07) is 0. The van der Waals surface area contributed by atoms with Crippen LogP contribution in [-0.4, -0.2) is 20.2 Å². The molecule has 2 aromatic heterocycles. The Morgan fingerprint density at radius 3 is 3.00 bits per heavy atom. The smallest absolute Gasteiger partial charge is 0.269 e. The first-order chi connectivity index (χ1) is 6.27. The second-order valence-corrected chi connectivity index (χ2v) is 2.98. The minimum atomic E-state index is 0.256. The lowest BCUT2D eigenvalue weighted by atomic mass is 10.4. The lowest BCUT2D eigenvalue weighted by Crippen LogP contribution is -1.97. The van der Waals surface area contributed by atoms with Crippen LogP contribution < -0.4 is 5.73 Å². The summed E-state index contributed by atoms with van der Waals surface area (Å²) in [5, 5.41) is 7.18. The summed E-state index contributed by atoms with van der Waals surface area (Å²) in [7, 11) is 0. The largest absolute Gasteiger partial charge is 0.422 e. The van der Waals surface area contributed by atoms with Gasteiger partial charge < -0.3 is 10.2 Å². The summed E-state index contributed by atoms with van der Waals surface area (Å²) in [5.41, 5.74) is 5.94. The molecule has 2 N–H and O–H groups in total. The molecule has 0 spiro atoms. The van der Waals surface area contributed by atoms with Gasteiger partial charge >= 0.3 is 0 Å². The summed E-state index contributed by atoms with van der Waals surface area (Å²) in [6.07, 6.45) is 2.70. The Balaban J connectivity index is 2.57. The van der Waals surface area contributed by atoms with Crippen LogP contribution in [0.3, 0.4) is 0 Å². The fourth-order valence-electron chi connectivity index (χ4n) is 0.811. The van der Waals surface area contributed by atoms with Gasteiger partial charge in [-0.25, -0.2) is 9.97 Å². The fourth-order valence-corrected chi connectivity index (χ4v) is 1.09. The van der Waals surface area contributed by atoms with Crippen molar-refractivity contribution in [3.8, 4) is 11.6 Å². The van der Waals surface area contributed by atoms with Crippen molar-refractivity contribution in [1.82, 2.24) is 20.2 Å². The van der Waals surface area contributed by atoms with E-state index in [1.165, 1.54) is 12.6 Å². The van der Waals surface area contributed by atoms with E-state index < -0.39 is 0 Å². The molecule has 0 aromatic carbocycles. The topological polar surface area (TPSA) is 90.7 Å². The average Bonchev–Trinajstić information content (AvgIpc) is 2.61. The normalized spacial score (nSPS) is 10.2. The van der Waals surface area contributed by atoms with E-state index >= 15 is 0 Å². The van der Waals surface area contributed by atoms with E-state index in [1.54, 1.807) is 0 Å². The molecular weight excluding hydrogens is 238 g/mol. The highest BCUT2D eigenvalue weighted by atomic mass is 79.9. The third-order valence-corrected chi connectivity index (χ3v) is 1.72. The summed E-state index contributed by atoms with van der Waals surface area (Å²) >= 11 is 3.16. The Morgan fingerprint density at radius 1 is 1.46 bits per heavy atom. The predicted molar refractivity (Wildman–Crippen MR) is 47.4 cm³/mol. The third-order valence-electron chi connectivity index (χ3n) is 1.33. The van der Waals surface area contributed by atoms with E-state index in [1.807, 2.05) is 0 Å². The Bertz CT molecular complexity index is 415. The lowest BCUT2D eigenvalue weighted by molar-refractivity contribution is 0.566. The molecule has 0 aliphatic heterocycles. The maximum absolute atomic E-state index is 5.56. The molecule has 0 fully saturated rings. The highest BCUT2D eigenvalue weighted by Crippen LogP contribution is 2.20. The van der Waals surface area contributed by atoms with Gasteiger partial charge in [-0.05, 0) is 15.9 Å². The molecule has 7 heteroatoms. The predicted octanol–water partition coefficient (Wildman–Crippen LogP) is 0.871. The van der Waals surface area contributed by atoms with Crippen molar-refractivity contribution in [1.29, 1.82) is 0 Å². The Labute approximate surface area is 81.3 Å². The van der Waals surface area contributed by atoms with E-state index in [-0.39, 0.29) is 11.7 Å². The van der Waals surface area contributed by atoms with Crippen LogP contribution in [0.2, 0.25) is 0 Å². The van der Waals surface area contributed by atoms with Gasteiger partial charge in [-0.2, -0.15) is 0 Å². The minimum Gasteiger partial charge on any atom is -0.422 e. The van der Waals surface area contributed by atoms with Gasteiger partial charge in [0, 0.05) is 0 Å². The number of nitrogens with zero attached hydrogens (tertiary/aromatic N) is 4. The van der Waals surface area contributed by atoms with Gasteiger partial charge in [0.05, 0.1) is 6.20 Å². The van der Waals surface area contributed by atoms with Crippen LogP contribution in [0.25, 0.3) is 11.6 Å². The molecule has 0 saturated heterocycles. The molecule has 0 aliphatic rings. The fraction of sp³-hybridized carbons (Fsp3) is 0. The van der Waals surface area contributed by atoms with Crippen LogP contribution in [0.1, 0.15) is 0 Å². The second-order valence-electron chi connectivity index (χ2n) is 2.17. The highest BCUT2D eigenvalue weighted by molar-refractivity contribution is 9.10. The number of nitrogens with two attached hydrogens (primary N) is 1. The van der Waals surface area contributed by atoms with Gasteiger partial charge in [0.1, 0.15) is 4.60 Å². The van der Waals surface area contributed by atoms with Crippen LogP contribution in [-0.2, 0) is 0 Å². The SMILES string of the molecule is Nc1ncc(Br)nc1-c1nnco1. The number of aromatic nitrogens is 4. The molecule has 2 rings (SSSR count). The standard InChI is InChI=1S/C6H4BrN5O/c7-3-1-9-5(8)4(11-3)6-12-10-2-13-6/h1-2H,(H2,8,9). The highest BCUT2D eigenvalue weighted by Gasteiger charge is 2.10. The third kappa shape index (κ3) is 1.50. The monoisotopic (exact) mass is 241 g/mol. The van der Waals surface area contributed by atoms with Gasteiger partial charge in [0.2, 0.25) is 6.39 Å². The number of hydrogen-bond acceptors (Lipinski definition) is 6. The number of nitrogen functional groups attached to an aromatic ring is 1. The molecule has 0 bridgehead atoms. The Kier molecular flexibility index (Phi) is 1.93. The van der Waals surface area contributed by atoms with E-state index in [9.17, 15) is 0 Å². The zero-order valence-electron chi connectivity index (χ0n) is 6.31. The molecule has 0 amide bonds. The first-order valence-electron chi connectivity index (χ1n) is 3.32. The van der Waals surface area contributed by atoms with Crippen molar-refractivity contribution in [2.75, 3.05) is 5.73 Å². The van der Waals surface area contributed by atoms with E-state index in [4.69, 9.17) is 10.2 Å². The second kappa shape index (κ2) is 3.09. The quantitative estimate of drug-likeness (QED) is 0.797. The lowest BCUT2D eigenvalue weighted by Gasteiger charge is -1.97. The molecular formula is C6H4BrN5O. The average molecular weight is 242 g/mol. The molecule has 0 aliphatic carbocycles. The van der Waals surface area contributed by atoms with Crippen LogP contribution in [0, 0.1) is 0 Å². The van der Waals surface area contributed by atoms with Gasteiger partial charge in [0.25, 0.3) is 5.89 Å². The van der Waals surface area contributed by atoms with Crippen LogP contribution in [0.4, 0.5) is 5.82 Å². The molecule has 13 heavy (non-hydrogen) atoms. The summed E-state index contributed by atoms with van der Waals surface area (Å²) < 4.78 is 5.49. The number of anilines is 1. The minimum absolute atomic E-state index is 0.256.